The number of methoxy groups -OCH3 is 2. The maximum Gasteiger partial charge on any atom is 0.305 e. The van der Waals surface area contributed by atoms with Gasteiger partial charge in [0.05, 0.1) is 47.1 Å². The molecule has 2 aliphatic heterocycles. The molecule has 11 nitrogen and oxygen atoms in total. The summed E-state index contributed by atoms with van der Waals surface area (Å²) >= 11 is 0. The number of benzene rings is 4. The summed E-state index contributed by atoms with van der Waals surface area (Å²) in [4.78, 5) is 59.3. The van der Waals surface area contributed by atoms with Crippen molar-refractivity contribution in [2.75, 3.05) is 43.7 Å². The molecule has 2 heterocycles. The van der Waals surface area contributed by atoms with Crippen molar-refractivity contribution in [1.29, 1.82) is 0 Å². The molecule has 4 aromatic carbocycles. The molecule has 1 spiro atoms. The standard InChI is InChI=1S/C45H53N3O8Si/c1-32-43(57(4,5)37-22-20-36(54-2)21-23-37)40(29-41(51)46(26-27-49)30-33-14-8-6-9-15-33)56-45(32)38-28-35(48(31-50)34-16-10-7-11-17-34)19-24-39(38)47(44(45)53)25-13-12-18-42(52)55-3/h6-11,14-17,19-24,28,31-32,40,43,49H,12-13,18,25-27,29-30H2,1-5H3/t32-,40+,43-,45+/m0/s1. The minimum absolute atomic E-state index is 0.00207. The molecule has 300 valence electrons. The lowest BCUT2D eigenvalue weighted by Crippen LogP contribution is -2.52. The number of aliphatic hydroxyl groups is 1. The molecule has 1 saturated heterocycles. The van der Waals surface area contributed by atoms with E-state index in [1.807, 2.05) is 91.0 Å². The summed E-state index contributed by atoms with van der Waals surface area (Å²) in [5.74, 6) is -0.384. The fraction of sp³-hybridized carbons (Fsp3) is 0.378. The highest BCUT2D eigenvalue weighted by atomic mass is 28.3. The van der Waals surface area contributed by atoms with Gasteiger partial charge in [0.2, 0.25) is 12.3 Å². The minimum atomic E-state index is -2.60. The van der Waals surface area contributed by atoms with E-state index in [0.717, 1.165) is 22.9 Å². The van der Waals surface area contributed by atoms with Crippen LogP contribution >= 0.6 is 0 Å². The second-order valence-electron chi connectivity index (χ2n) is 15.4. The van der Waals surface area contributed by atoms with Gasteiger partial charge in [-0.15, -0.1) is 0 Å². The molecule has 12 heteroatoms. The number of esters is 1. The number of unbranched alkanes of at least 4 members (excludes halogenated alkanes) is 1. The second kappa shape index (κ2) is 17.9. The third kappa shape index (κ3) is 8.25. The van der Waals surface area contributed by atoms with Crippen LogP contribution < -0.4 is 19.7 Å². The number of amides is 3. The van der Waals surface area contributed by atoms with Gasteiger partial charge in [0.25, 0.3) is 5.91 Å². The monoisotopic (exact) mass is 791 g/mol. The van der Waals surface area contributed by atoms with Crippen molar-refractivity contribution in [3.05, 3.63) is 114 Å². The summed E-state index contributed by atoms with van der Waals surface area (Å²) in [5.41, 5.74) is 1.80. The van der Waals surface area contributed by atoms with E-state index < -0.39 is 25.7 Å². The van der Waals surface area contributed by atoms with Gasteiger partial charge in [-0.2, -0.15) is 0 Å². The molecule has 0 saturated carbocycles. The van der Waals surface area contributed by atoms with Crippen LogP contribution in [0.15, 0.2) is 103 Å². The van der Waals surface area contributed by atoms with Gasteiger partial charge in [-0.1, -0.05) is 85.9 Å². The first-order chi connectivity index (χ1) is 27.5. The van der Waals surface area contributed by atoms with E-state index in [-0.39, 0.29) is 49.3 Å². The third-order valence-electron chi connectivity index (χ3n) is 11.8. The fourth-order valence-electron chi connectivity index (χ4n) is 8.89. The van der Waals surface area contributed by atoms with Crippen LogP contribution in [0, 0.1) is 5.92 Å². The number of para-hydroxylation sites is 1. The van der Waals surface area contributed by atoms with Crippen LogP contribution in [0.25, 0.3) is 0 Å². The Balaban J connectivity index is 1.46. The first kappa shape index (κ1) is 41.3. The van der Waals surface area contributed by atoms with Crippen LogP contribution in [0.5, 0.6) is 5.75 Å². The van der Waals surface area contributed by atoms with Crippen LogP contribution in [0.3, 0.4) is 0 Å². The molecule has 0 aliphatic carbocycles. The summed E-state index contributed by atoms with van der Waals surface area (Å²) in [6.45, 7) is 7.19. The molecule has 0 aromatic heterocycles. The number of carbonyl (C=O) groups is 4. The lowest BCUT2D eigenvalue weighted by Gasteiger charge is -2.37. The van der Waals surface area contributed by atoms with E-state index in [9.17, 15) is 19.5 Å². The van der Waals surface area contributed by atoms with Crippen LogP contribution in [-0.2, 0) is 40.8 Å². The van der Waals surface area contributed by atoms with Gasteiger partial charge in [-0.3, -0.25) is 24.1 Å². The summed E-state index contributed by atoms with van der Waals surface area (Å²) in [6, 6.07) is 32.6. The number of aliphatic hydroxyl groups excluding tert-OH is 1. The first-order valence-corrected chi connectivity index (χ1v) is 22.7. The Morgan fingerprint density at radius 2 is 1.61 bits per heavy atom. The number of hydrogen-bond acceptors (Lipinski definition) is 8. The number of ether oxygens (including phenoxy) is 3. The summed E-state index contributed by atoms with van der Waals surface area (Å²) in [5, 5.41) is 11.2. The van der Waals surface area contributed by atoms with Crippen molar-refractivity contribution < 1.29 is 38.5 Å². The highest BCUT2D eigenvalue weighted by Gasteiger charge is 2.66. The molecule has 3 amide bonds. The topological polar surface area (TPSA) is 126 Å². The summed E-state index contributed by atoms with van der Waals surface area (Å²) in [6.07, 6.45) is 1.40. The quantitative estimate of drug-likeness (QED) is 0.0572. The second-order valence-corrected chi connectivity index (χ2v) is 20.1. The van der Waals surface area contributed by atoms with Crippen molar-refractivity contribution in [3.8, 4) is 5.75 Å². The average molecular weight is 792 g/mol. The van der Waals surface area contributed by atoms with Gasteiger partial charge in [-0.25, -0.2) is 0 Å². The van der Waals surface area contributed by atoms with Crippen molar-refractivity contribution in [1.82, 2.24) is 4.90 Å². The number of carbonyl (C=O) groups excluding carboxylic acids is 4. The number of fused-ring (bicyclic) bond motifs is 2. The van der Waals surface area contributed by atoms with E-state index in [1.165, 1.54) is 7.11 Å². The third-order valence-corrected chi connectivity index (χ3v) is 16.2. The largest absolute Gasteiger partial charge is 0.497 e. The van der Waals surface area contributed by atoms with Crippen LogP contribution in [0.1, 0.15) is 43.7 Å². The van der Waals surface area contributed by atoms with Crippen LogP contribution in [0.4, 0.5) is 17.1 Å². The van der Waals surface area contributed by atoms with Gasteiger partial charge in [-0.05, 0) is 66.4 Å². The molecule has 6 rings (SSSR count). The zero-order chi connectivity index (χ0) is 40.7. The molecule has 57 heavy (non-hydrogen) atoms. The Morgan fingerprint density at radius 1 is 0.930 bits per heavy atom. The first-order valence-electron chi connectivity index (χ1n) is 19.6. The Kier molecular flexibility index (Phi) is 13.0. The van der Waals surface area contributed by atoms with Crippen LogP contribution in [-0.4, -0.2) is 82.3 Å². The normalized spacial score (nSPS) is 20.0. The molecule has 1 N–H and O–H groups in total. The molecule has 0 bridgehead atoms. The van der Waals surface area contributed by atoms with E-state index in [2.05, 4.69) is 32.2 Å². The zero-order valence-electron chi connectivity index (χ0n) is 33.4. The van der Waals surface area contributed by atoms with Gasteiger partial charge in [0.1, 0.15) is 5.75 Å². The average Bonchev–Trinajstić information content (AvgIpc) is 3.65. The number of rotatable bonds is 17. The molecule has 4 aromatic rings. The maximum atomic E-state index is 15.3. The Bertz CT molecular complexity index is 2030. The van der Waals surface area contributed by atoms with E-state index in [4.69, 9.17) is 14.2 Å². The molecule has 2 aliphatic rings. The lowest BCUT2D eigenvalue weighted by atomic mass is 9.82. The summed E-state index contributed by atoms with van der Waals surface area (Å²) < 4.78 is 17.6. The lowest BCUT2D eigenvalue weighted by molar-refractivity contribution is -0.149. The predicted octanol–water partition coefficient (Wildman–Crippen LogP) is 6.31. The van der Waals surface area contributed by atoms with Crippen molar-refractivity contribution in [2.24, 2.45) is 5.92 Å². The summed E-state index contributed by atoms with van der Waals surface area (Å²) in [7, 11) is 0.390. The highest BCUT2D eigenvalue weighted by Crippen LogP contribution is 2.60. The number of anilines is 3. The Labute approximate surface area is 336 Å². The fourth-order valence-corrected chi connectivity index (χ4v) is 12.9. The van der Waals surface area contributed by atoms with Crippen molar-refractivity contribution >= 4 is 54.5 Å². The zero-order valence-corrected chi connectivity index (χ0v) is 34.4. The Hall–Kier alpha value is -5.30. The van der Waals surface area contributed by atoms with E-state index in [0.29, 0.717) is 48.6 Å². The van der Waals surface area contributed by atoms with Crippen LogP contribution in [0.2, 0.25) is 18.6 Å². The van der Waals surface area contributed by atoms with E-state index in [1.54, 1.807) is 21.8 Å². The minimum Gasteiger partial charge on any atom is -0.497 e. The van der Waals surface area contributed by atoms with Crippen molar-refractivity contribution in [3.63, 3.8) is 0 Å². The van der Waals surface area contributed by atoms with E-state index >= 15 is 4.79 Å². The van der Waals surface area contributed by atoms with Gasteiger partial charge in [0.15, 0.2) is 5.60 Å². The molecular weight excluding hydrogens is 739 g/mol. The van der Waals surface area contributed by atoms with Crippen molar-refractivity contribution in [2.45, 2.75) is 69.5 Å². The van der Waals surface area contributed by atoms with Gasteiger partial charge in [0, 0.05) is 48.9 Å². The molecule has 0 unspecified atom stereocenters. The van der Waals surface area contributed by atoms with Gasteiger partial charge < -0.3 is 29.1 Å². The molecule has 4 atom stereocenters. The Morgan fingerprint density at radius 3 is 2.25 bits per heavy atom. The molecular formula is C45H53N3O8Si. The number of nitrogens with zero attached hydrogens (tertiary/aromatic N) is 3. The maximum absolute atomic E-state index is 15.3. The number of hydrogen-bond donors (Lipinski definition) is 1. The predicted molar refractivity (Wildman–Crippen MR) is 222 cm³/mol. The highest BCUT2D eigenvalue weighted by molar-refractivity contribution is 6.91. The smallest absolute Gasteiger partial charge is 0.305 e. The molecule has 1 fully saturated rings. The van der Waals surface area contributed by atoms with Gasteiger partial charge >= 0.3 is 5.97 Å². The SMILES string of the molecule is COC(=O)CCCCN1C(=O)[C@]2(O[C@H](CC(=O)N(CCO)Cc3ccccc3)[C@@H]([Si](C)(C)c3ccc(OC)cc3)[C@@H]2C)c2cc(N(C=O)c3ccccc3)ccc21. The molecule has 0 radical (unpaired) electrons.